The van der Waals surface area contributed by atoms with Crippen molar-refractivity contribution in [3.63, 3.8) is 0 Å². The molecule has 0 unspecified atom stereocenters. The third-order valence-electron chi connectivity index (χ3n) is 10.2. The second kappa shape index (κ2) is 13.4. The number of aromatic nitrogens is 5. The molecule has 7 aromatic carbocycles. The SMILES string of the molecule is c1ccc(-c2ccc(-c3nc(-c4ccccc4)nc(-c4cccc5sc6cc(-c7nc(-c8ccccc8)c8sc9ccccc9c8n7)ccc6c45)n3)cc2)cc1. The molecule has 5 nitrogen and oxygen atoms in total. The highest BCUT2D eigenvalue weighted by Crippen LogP contribution is 2.43. The van der Waals surface area contributed by atoms with Gasteiger partial charge in [0.2, 0.25) is 0 Å². The summed E-state index contributed by atoms with van der Waals surface area (Å²) in [6, 6.07) is 60.9. The van der Waals surface area contributed by atoms with Crippen LogP contribution in [0.5, 0.6) is 0 Å². The largest absolute Gasteiger partial charge is 0.226 e. The zero-order chi connectivity index (χ0) is 37.0. The molecule has 0 fully saturated rings. The summed E-state index contributed by atoms with van der Waals surface area (Å²) in [4.78, 5) is 25.7. The number of fused-ring (bicyclic) bond motifs is 6. The van der Waals surface area contributed by atoms with E-state index in [1.54, 1.807) is 22.7 Å². The van der Waals surface area contributed by atoms with Gasteiger partial charge in [-0.1, -0.05) is 158 Å². The van der Waals surface area contributed by atoms with Gasteiger partial charge in [-0.3, -0.25) is 0 Å². The van der Waals surface area contributed by atoms with Crippen LogP contribution in [0.3, 0.4) is 0 Å². The van der Waals surface area contributed by atoms with Crippen LogP contribution in [0.25, 0.3) is 108 Å². The van der Waals surface area contributed by atoms with Crippen molar-refractivity contribution in [1.82, 2.24) is 24.9 Å². The van der Waals surface area contributed by atoms with Crippen molar-refractivity contribution < 1.29 is 0 Å². The zero-order valence-corrected chi connectivity index (χ0v) is 31.4. The molecule has 11 aromatic rings. The molecule has 4 aromatic heterocycles. The van der Waals surface area contributed by atoms with Gasteiger partial charge in [-0.25, -0.2) is 24.9 Å². The predicted molar refractivity (Wildman–Crippen MR) is 234 cm³/mol. The second-order valence-electron chi connectivity index (χ2n) is 13.6. The summed E-state index contributed by atoms with van der Waals surface area (Å²) in [7, 11) is 0. The van der Waals surface area contributed by atoms with E-state index in [1.165, 1.54) is 10.3 Å². The first kappa shape index (κ1) is 32.5. The lowest BCUT2D eigenvalue weighted by molar-refractivity contribution is 1.08. The maximum Gasteiger partial charge on any atom is 0.164 e. The fourth-order valence-electron chi connectivity index (χ4n) is 7.45. The van der Waals surface area contributed by atoms with E-state index in [0.717, 1.165) is 74.8 Å². The lowest BCUT2D eigenvalue weighted by atomic mass is 10.0. The van der Waals surface area contributed by atoms with Gasteiger partial charge in [-0.2, -0.15) is 0 Å². The molecule has 11 rings (SSSR count). The van der Waals surface area contributed by atoms with Gasteiger partial charge in [0.25, 0.3) is 0 Å². The fraction of sp³-hybridized carbons (Fsp3) is 0. The van der Waals surface area contributed by atoms with E-state index in [2.05, 4.69) is 133 Å². The van der Waals surface area contributed by atoms with E-state index in [-0.39, 0.29) is 0 Å². The van der Waals surface area contributed by atoms with Crippen LogP contribution in [0.4, 0.5) is 0 Å². The molecule has 0 radical (unpaired) electrons. The zero-order valence-electron chi connectivity index (χ0n) is 29.8. The molecule has 0 bridgehead atoms. The van der Waals surface area contributed by atoms with E-state index in [9.17, 15) is 0 Å². The topological polar surface area (TPSA) is 64.5 Å². The predicted octanol–water partition coefficient (Wildman–Crippen LogP) is 13.4. The maximum absolute atomic E-state index is 5.24. The number of nitrogens with zero attached hydrogens (tertiary/aromatic N) is 5. The Labute approximate surface area is 330 Å². The standard InChI is InChI=1S/C49H29N5S2/c1-4-13-30(14-5-1)31-23-25-34(26-24-31)47-52-46(33-17-8-3-9-18-33)53-49(54-47)38-20-12-22-40-42(38)36-28-27-35(29-41(36)55-40)48-50-43(32-15-6-2-7-16-32)45-44(51-48)37-19-10-11-21-39(37)56-45/h1-29H. The van der Waals surface area contributed by atoms with E-state index < -0.39 is 0 Å². The molecule has 0 atom stereocenters. The first-order chi connectivity index (χ1) is 27.7. The second-order valence-corrected chi connectivity index (χ2v) is 15.8. The van der Waals surface area contributed by atoms with Gasteiger partial charge >= 0.3 is 0 Å². The molecule has 4 heterocycles. The van der Waals surface area contributed by atoms with E-state index in [4.69, 9.17) is 24.9 Å². The van der Waals surface area contributed by atoms with Crippen molar-refractivity contribution >= 4 is 63.1 Å². The van der Waals surface area contributed by atoms with Crippen molar-refractivity contribution in [2.45, 2.75) is 0 Å². The van der Waals surface area contributed by atoms with E-state index in [0.29, 0.717) is 23.3 Å². The van der Waals surface area contributed by atoms with Crippen LogP contribution in [-0.4, -0.2) is 24.9 Å². The van der Waals surface area contributed by atoms with Crippen LogP contribution in [-0.2, 0) is 0 Å². The van der Waals surface area contributed by atoms with Gasteiger partial charge in [0.05, 0.1) is 15.9 Å². The molecule has 56 heavy (non-hydrogen) atoms. The Morgan fingerprint density at radius 3 is 1.62 bits per heavy atom. The molecule has 0 aliphatic heterocycles. The summed E-state index contributed by atoms with van der Waals surface area (Å²) in [5, 5.41) is 3.42. The van der Waals surface area contributed by atoms with Gasteiger partial charge in [0.15, 0.2) is 23.3 Å². The first-order valence-corrected chi connectivity index (χ1v) is 20.0. The number of thiophene rings is 2. The minimum atomic E-state index is 0.634. The van der Waals surface area contributed by atoms with E-state index >= 15 is 0 Å². The maximum atomic E-state index is 5.24. The summed E-state index contributed by atoms with van der Waals surface area (Å²) >= 11 is 3.52. The molecule has 0 aliphatic rings. The Morgan fingerprint density at radius 2 is 0.875 bits per heavy atom. The Balaban J connectivity index is 1.06. The summed E-state index contributed by atoms with van der Waals surface area (Å²) in [6.45, 7) is 0. The Kier molecular flexibility index (Phi) is 7.79. The Hall–Kier alpha value is -6.93. The quantitative estimate of drug-likeness (QED) is 0.169. The van der Waals surface area contributed by atoms with Crippen molar-refractivity contribution in [2.24, 2.45) is 0 Å². The van der Waals surface area contributed by atoms with Crippen LogP contribution < -0.4 is 0 Å². The number of benzene rings is 7. The van der Waals surface area contributed by atoms with Gasteiger partial charge in [-0.05, 0) is 29.3 Å². The van der Waals surface area contributed by atoms with E-state index in [1.807, 2.05) is 42.5 Å². The highest BCUT2D eigenvalue weighted by atomic mass is 32.1. The lowest BCUT2D eigenvalue weighted by Gasteiger charge is -2.10. The highest BCUT2D eigenvalue weighted by Gasteiger charge is 2.20. The summed E-state index contributed by atoms with van der Waals surface area (Å²) in [5.74, 6) is 2.63. The molecule has 0 aliphatic carbocycles. The molecule has 0 saturated carbocycles. The van der Waals surface area contributed by atoms with Crippen molar-refractivity contribution in [3.8, 4) is 67.9 Å². The van der Waals surface area contributed by atoms with Crippen LogP contribution in [0.1, 0.15) is 0 Å². The van der Waals surface area contributed by atoms with Gasteiger partial charge in [0, 0.05) is 58.1 Å². The number of hydrogen-bond acceptors (Lipinski definition) is 7. The average molecular weight is 752 g/mol. The minimum Gasteiger partial charge on any atom is -0.226 e. The molecule has 0 saturated heterocycles. The molecule has 7 heteroatoms. The molecular weight excluding hydrogens is 723 g/mol. The summed E-state index contributed by atoms with van der Waals surface area (Å²) in [6.07, 6.45) is 0. The van der Waals surface area contributed by atoms with Gasteiger partial charge in [0.1, 0.15) is 0 Å². The highest BCUT2D eigenvalue weighted by molar-refractivity contribution is 7.26. The lowest BCUT2D eigenvalue weighted by Crippen LogP contribution is -2.00. The normalized spacial score (nSPS) is 11.6. The number of rotatable bonds is 6. The third-order valence-corrected chi connectivity index (χ3v) is 12.5. The fourth-order valence-corrected chi connectivity index (χ4v) is 9.77. The first-order valence-electron chi connectivity index (χ1n) is 18.4. The monoisotopic (exact) mass is 751 g/mol. The molecule has 0 N–H and O–H groups in total. The van der Waals surface area contributed by atoms with Gasteiger partial charge < -0.3 is 0 Å². The number of hydrogen-bond donors (Lipinski definition) is 0. The Morgan fingerprint density at radius 1 is 0.321 bits per heavy atom. The van der Waals surface area contributed by atoms with Gasteiger partial charge in [-0.15, -0.1) is 22.7 Å². The van der Waals surface area contributed by atoms with Crippen molar-refractivity contribution in [1.29, 1.82) is 0 Å². The van der Waals surface area contributed by atoms with Crippen molar-refractivity contribution in [2.75, 3.05) is 0 Å². The van der Waals surface area contributed by atoms with Crippen molar-refractivity contribution in [3.05, 3.63) is 176 Å². The molecule has 0 spiro atoms. The third kappa shape index (κ3) is 5.64. The van der Waals surface area contributed by atoms with Crippen LogP contribution in [0.2, 0.25) is 0 Å². The Bertz CT molecular complexity index is 3230. The molecular formula is C49H29N5S2. The smallest absolute Gasteiger partial charge is 0.164 e. The summed E-state index contributed by atoms with van der Waals surface area (Å²) < 4.78 is 4.63. The molecule has 0 amide bonds. The minimum absolute atomic E-state index is 0.634. The molecule has 262 valence electrons. The van der Waals surface area contributed by atoms with Crippen LogP contribution in [0.15, 0.2) is 176 Å². The average Bonchev–Trinajstić information content (AvgIpc) is 3.85. The van der Waals surface area contributed by atoms with Crippen LogP contribution in [0, 0.1) is 0 Å². The van der Waals surface area contributed by atoms with Crippen LogP contribution >= 0.6 is 22.7 Å². The summed E-state index contributed by atoms with van der Waals surface area (Å²) in [5.41, 5.74) is 9.17.